The molecule has 0 aliphatic carbocycles. The van der Waals surface area contributed by atoms with E-state index in [2.05, 4.69) is 10.2 Å². The lowest BCUT2D eigenvalue weighted by Crippen LogP contribution is -2.39. The van der Waals surface area contributed by atoms with Gasteiger partial charge in [0.25, 0.3) is 5.89 Å². The van der Waals surface area contributed by atoms with Crippen LogP contribution in [0.25, 0.3) is 11.5 Å². The summed E-state index contributed by atoms with van der Waals surface area (Å²) in [6.07, 6.45) is 3.40. The molecule has 1 aliphatic rings. The number of benzene rings is 1. The Kier molecular flexibility index (Phi) is 5.13. The van der Waals surface area contributed by atoms with Gasteiger partial charge in [-0.15, -0.1) is 10.2 Å². The number of aromatic nitrogens is 2. The van der Waals surface area contributed by atoms with Gasteiger partial charge >= 0.3 is 0 Å². The number of ether oxygens (including phenoxy) is 1. The third-order valence-electron chi connectivity index (χ3n) is 4.37. The first-order valence-electron chi connectivity index (χ1n) is 8.47. The quantitative estimate of drug-likeness (QED) is 0.842. The molecule has 1 amide bonds. The van der Waals surface area contributed by atoms with Crippen LogP contribution in [0.2, 0.25) is 0 Å². The highest BCUT2D eigenvalue weighted by atomic mass is 16.5. The van der Waals surface area contributed by atoms with Crippen LogP contribution < -0.4 is 4.74 Å². The second-order valence-corrected chi connectivity index (χ2v) is 6.07. The summed E-state index contributed by atoms with van der Waals surface area (Å²) in [6.45, 7) is 3.51. The summed E-state index contributed by atoms with van der Waals surface area (Å²) < 4.78 is 11.2. The molecule has 6 nitrogen and oxygen atoms in total. The molecule has 3 rings (SSSR count). The van der Waals surface area contributed by atoms with E-state index in [0.29, 0.717) is 30.5 Å². The summed E-state index contributed by atoms with van der Waals surface area (Å²) >= 11 is 0. The van der Waals surface area contributed by atoms with Gasteiger partial charge in [-0.05, 0) is 31.4 Å². The maximum Gasteiger partial charge on any atom is 0.251 e. The van der Waals surface area contributed by atoms with Crippen LogP contribution in [0.3, 0.4) is 0 Å². The second kappa shape index (κ2) is 7.47. The zero-order chi connectivity index (χ0) is 16.9. The predicted molar refractivity (Wildman–Crippen MR) is 89.7 cm³/mol. The van der Waals surface area contributed by atoms with Crippen molar-refractivity contribution in [1.82, 2.24) is 15.1 Å². The van der Waals surface area contributed by atoms with Gasteiger partial charge in [-0.1, -0.05) is 19.1 Å². The zero-order valence-electron chi connectivity index (χ0n) is 14.2. The van der Waals surface area contributed by atoms with E-state index in [0.717, 1.165) is 31.4 Å². The van der Waals surface area contributed by atoms with E-state index in [1.165, 1.54) is 0 Å². The maximum atomic E-state index is 12.1. The summed E-state index contributed by atoms with van der Waals surface area (Å²) in [6, 6.07) is 7.57. The number of hydrogen-bond acceptors (Lipinski definition) is 5. The number of likely N-dealkylation sites (tertiary alicyclic amines) is 1. The Hall–Kier alpha value is -2.37. The number of piperidine rings is 1. The molecule has 0 radical (unpaired) electrons. The highest BCUT2D eigenvalue weighted by Crippen LogP contribution is 2.32. The lowest BCUT2D eigenvalue weighted by molar-refractivity contribution is -0.132. The van der Waals surface area contributed by atoms with Crippen molar-refractivity contribution >= 4 is 5.91 Å². The molecule has 1 aromatic heterocycles. The van der Waals surface area contributed by atoms with Crippen molar-refractivity contribution in [2.75, 3.05) is 20.2 Å². The number of hydrogen-bond donors (Lipinski definition) is 0. The van der Waals surface area contributed by atoms with E-state index >= 15 is 0 Å². The number of rotatable bonds is 5. The third kappa shape index (κ3) is 3.42. The van der Waals surface area contributed by atoms with Crippen LogP contribution in [0.15, 0.2) is 28.7 Å². The predicted octanol–water partition coefficient (Wildman–Crippen LogP) is 3.25. The van der Waals surface area contributed by atoms with Gasteiger partial charge in [-0.25, -0.2) is 0 Å². The maximum absolute atomic E-state index is 12.1. The minimum absolute atomic E-state index is 0.107. The van der Waals surface area contributed by atoms with Gasteiger partial charge < -0.3 is 14.1 Å². The number of para-hydroxylation sites is 1. The van der Waals surface area contributed by atoms with Gasteiger partial charge in [-0.2, -0.15) is 0 Å². The molecule has 1 unspecified atom stereocenters. The van der Waals surface area contributed by atoms with E-state index in [9.17, 15) is 4.79 Å². The number of amides is 1. The first-order chi connectivity index (χ1) is 11.7. The van der Waals surface area contributed by atoms with Gasteiger partial charge in [0, 0.05) is 19.5 Å². The first-order valence-corrected chi connectivity index (χ1v) is 8.47. The topological polar surface area (TPSA) is 68.5 Å². The standard InChI is InChI=1S/C18H23N3O3/c1-3-7-16(22)21-11-6-8-13(12-21)17-19-20-18(24-17)14-9-4-5-10-15(14)23-2/h4-5,9-10,13H,3,6-8,11-12H2,1-2H3. The SMILES string of the molecule is CCCC(=O)N1CCCC(c2nnc(-c3ccccc3OC)o2)C1. The van der Waals surface area contributed by atoms with Crippen LogP contribution in [-0.2, 0) is 4.79 Å². The fraction of sp³-hybridized carbons (Fsp3) is 0.500. The Balaban J connectivity index is 1.76. The Morgan fingerprint density at radius 3 is 3.00 bits per heavy atom. The zero-order valence-corrected chi connectivity index (χ0v) is 14.2. The lowest BCUT2D eigenvalue weighted by atomic mass is 9.97. The summed E-state index contributed by atoms with van der Waals surface area (Å²) in [4.78, 5) is 14.0. The lowest BCUT2D eigenvalue weighted by Gasteiger charge is -2.31. The van der Waals surface area contributed by atoms with E-state index in [1.54, 1.807) is 7.11 Å². The summed E-state index contributed by atoms with van der Waals surface area (Å²) in [5.41, 5.74) is 0.786. The van der Waals surface area contributed by atoms with Crippen molar-refractivity contribution in [3.05, 3.63) is 30.2 Å². The molecule has 1 saturated heterocycles. The molecule has 1 aliphatic heterocycles. The Morgan fingerprint density at radius 1 is 1.38 bits per heavy atom. The Morgan fingerprint density at radius 2 is 2.21 bits per heavy atom. The molecular weight excluding hydrogens is 306 g/mol. The highest BCUT2D eigenvalue weighted by molar-refractivity contribution is 5.76. The van der Waals surface area contributed by atoms with Crippen molar-refractivity contribution in [2.45, 2.75) is 38.5 Å². The molecule has 6 heteroatoms. The van der Waals surface area contributed by atoms with E-state index in [4.69, 9.17) is 9.15 Å². The molecule has 1 atom stereocenters. The van der Waals surface area contributed by atoms with Crippen molar-refractivity contribution < 1.29 is 13.9 Å². The normalized spacial score (nSPS) is 17.8. The summed E-state index contributed by atoms with van der Waals surface area (Å²) in [7, 11) is 1.62. The van der Waals surface area contributed by atoms with Crippen LogP contribution in [0, 0.1) is 0 Å². The third-order valence-corrected chi connectivity index (χ3v) is 4.37. The fourth-order valence-corrected chi connectivity index (χ4v) is 3.11. The van der Waals surface area contributed by atoms with Crippen molar-refractivity contribution in [1.29, 1.82) is 0 Å². The number of carbonyl (C=O) groups excluding carboxylic acids is 1. The van der Waals surface area contributed by atoms with Crippen LogP contribution in [0.4, 0.5) is 0 Å². The van der Waals surface area contributed by atoms with Crippen LogP contribution >= 0.6 is 0 Å². The average Bonchev–Trinajstić information content (AvgIpc) is 3.12. The monoisotopic (exact) mass is 329 g/mol. The molecule has 128 valence electrons. The van der Waals surface area contributed by atoms with Gasteiger partial charge in [0.15, 0.2) is 0 Å². The summed E-state index contributed by atoms with van der Waals surface area (Å²) in [5.74, 6) is 2.09. The minimum atomic E-state index is 0.107. The van der Waals surface area contributed by atoms with E-state index in [-0.39, 0.29) is 11.8 Å². The van der Waals surface area contributed by atoms with Crippen molar-refractivity contribution in [3.63, 3.8) is 0 Å². The van der Waals surface area contributed by atoms with Crippen molar-refractivity contribution in [2.24, 2.45) is 0 Å². The van der Waals surface area contributed by atoms with Gasteiger partial charge in [0.05, 0.1) is 18.6 Å². The van der Waals surface area contributed by atoms with Gasteiger partial charge in [0.1, 0.15) is 5.75 Å². The molecule has 24 heavy (non-hydrogen) atoms. The molecule has 1 fully saturated rings. The minimum Gasteiger partial charge on any atom is -0.496 e. The molecule has 2 heterocycles. The smallest absolute Gasteiger partial charge is 0.251 e. The average molecular weight is 329 g/mol. The highest BCUT2D eigenvalue weighted by Gasteiger charge is 2.28. The molecule has 0 bridgehead atoms. The molecule has 0 spiro atoms. The number of carbonyl (C=O) groups is 1. The molecular formula is C18H23N3O3. The molecule has 2 aromatic rings. The fourth-order valence-electron chi connectivity index (χ4n) is 3.11. The van der Waals surface area contributed by atoms with Crippen molar-refractivity contribution in [3.8, 4) is 17.2 Å². The number of methoxy groups -OCH3 is 1. The molecule has 0 saturated carbocycles. The van der Waals surface area contributed by atoms with Gasteiger partial charge in [0.2, 0.25) is 11.8 Å². The second-order valence-electron chi connectivity index (χ2n) is 6.07. The Labute approximate surface area is 141 Å². The van der Waals surface area contributed by atoms with Crippen LogP contribution in [0.5, 0.6) is 5.75 Å². The largest absolute Gasteiger partial charge is 0.496 e. The van der Waals surface area contributed by atoms with Gasteiger partial charge in [-0.3, -0.25) is 4.79 Å². The number of nitrogens with zero attached hydrogens (tertiary/aromatic N) is 3. The van der Waals surface area contributed by atoms with Crippen LogP contribution in [0.1, 0.15) is 44.4 Å². The molecule has 0 N–H and O–H groups in total. The molecule has 1 aromatic carbocycles. The van der Waals surface area contributed by atoms with Crippen LogP contribution in [-0.4, -0.2) is 41.2 Å². The van der Waals surface area contributed by atoms with E-state index < -0.39 is 0 Å². The summed E-state index contributed by atoms with van der Waals surface area (Å²) in [5, 5.41) is 8.40. The van der Waals surface area contributed by atoms with E-state index in [1.807, 2.05) is 36.1 Å². The Bertz CT molecular complexity index is 698. The first kappa shape index (κ1) is 16.5.